The van der Waals surface area contributed by atoms with Crippen molar-refractivity contribution in [3.8, 4) is 0 Å². The second kappa shape index (κ2) is 11.2. The summed E-state index contributed by atoms with van der Waals surface area (Å²) < 4.78 is 7.30. The van der Waals surface area contributed by atoms with Crippen molar-refractivity contribution in [2.45, 2.75) is 83.1 Å². The predicted octanol–water partition coefficient (Wildman–Crippen LogP) is -0.174. The summed E-state index contributed by atoms with van der Waals surface area (Å²) >= 11 is 3.64. The minimum atomic E-state index is -2.01. The van der Waals surface area contributed by atoms with Gasteiger partial charge in [-0.05, 0) is 60.7 Å². The first-order valence-corrected chi connectivity index (χ1v) is 16.2. The Kier molecular flexibility index (Phi) is 8.21. The summed E-state index contributed by atoms with van der Waals surface area (Å²) in [5, 5.41) is 16.2. The minimum Gasteiger partial charge on any atom is -0.651 e. The molecule has 4 aliphatic heterocycles. The summed E-state index contributed by atoms with van der Waals surface area (Å²) in [7, 11) is 2.02. The van der Waals surface area contributed by atoms with Gasteiger partial charge in [0.15, 0.2) is 0 Å². The number of nitrogens with zero attached hydrogens (tertiary/aromatic N) is 4. The largest absolute Gasteiger partial charge is 1.00 e. The van der Waals surface area contributed by atoms with E-state index in [0.717, 1.165) is 33.1 Å². The third kappa shape index (κ3) is 4.52. The summed E-state index contributed by atoms with van der Waals surface area (Å²) in [6.07, 6.45) is 4.43. The molecule has 10 nitrogen and oxygen atoms in total. The van der Waals surface area contributed by atoms with Crippen LogP contribution in [0, 0.1) is 17.8 Å². The number of benzene rings is 1. The molecule has 0 saturated carbocycles. The number of aliphatic hydroxyl groups is 1. The molecular formula is C32H39BrN5NaO5. The molecule has 0 unspecified atom stereocenters. The van der Waals surface area contributed by atoms with Gasteiger partial charge in [0.05, 0.1) is 5.92 Å². The fourth-order valence-electron chi connectivity index (χ4n) is 8.08. The summed E-state index contributed by atoms with van der Waals surface area (Å²) in [6, 6.07) is 4.63. The number of hydrogen-bond donors (Lipinski definition) is 2. The van der Waals surface area contributed by atoms with Crippen molar-refractivity contribution in [1.29, 1.82) is 0 Å². The fourth-order valence-corrected chi connectivity index (χ4v) is 8.63. The molecule has 0 bridgehead atoms. The molecule has 3 fully saturated rings. The molecule has 7 rings (SSSR count). The standard InChI is InChI=1S/C32H39BrN5O5.Na/c1-16(2)12-24-29(40)37-11-7-10-25(37)32(42)38(24)30(41)31(43-32,17(3)4)35-28(39)18-13-20-19-8-6-9-22-26(19)21(27(33)34-22)14-23(20)36(5)15-18;/h6,8-9,13,16-18,23-25,42H,7,10-12,14-15H2,1-5H3,(H,35,39);/q-1;+1/t18-,23-,24+,25+,31-,32+;/m1./s1. The average molecular weight is 677 g/mol. The van der Waals surface area contributed by atoms with Crippen molar-refractivity contribution in [3.63, 3.8) is 0 Å². The van der Waals surface area contributed by atoms with E-state index in [2.05, 4.69) is 32.2 Å². The Morgan fingerprint density at radius 1 is 1.25 bits per heavy atom. The number of amides is 3. The van der Waals surface area contributed by atoms with Crippen molar-refractivity contribution in [3.05, 3.63) is 40.0 Å². The van der Waals surface area contributed by atoms with E-state index in [-0.39, 0.29) is 53.3 Å². The SMILES string of the molecule is CC(C)C[C@H]1C(=O)N2CCC[C@H]2[C@]2(O)O[C@](NC(=O)[C@@H]3C=C4c5cccc6[n-]c(Br)c(c56)C[C@H]4N(C)C3)(C(C)C)C(=O)N12.[Na+]. The number of ether oxygens (including phenoxy) is 1. The van der Waals surface area contributed by atoms with Crippen LogP contribution in [0.4, 0.5) is 0 Å². The monoisotopic (exact) mass is 675 g/mol. The number of aromatic nitrogens is 1. The second-order valence-corrected chi connectivity index (χ2v) is 14.4. The number of halogens is 1. The van der Waals surface area contributed by atoms with Gasteiger partial charge in [-0.15, -0.1) is 5.52 Å². The zero-order valence-electron chi connectivity index (χ0n) is 26.3. The number of likely N-dealkylation sites (N-methyl/N-ethyl adjacent to an activating group) is 1. The van der Waals surface area contributed by atoms with Crippen molar-refractivity contribution < 1.29 is 53.8 Å². The first-order chi connectivity index (χ1) is 20.4. The molecular weight excluding hydrogens is 637 g/mol. The van der Waals surface area contributed by atoms with Gasteiger partial charge in [-0.1, -0.05) is 72.5 Å². The molecule has 0 radical (unpaired) electrons. The number of fused-ring (bicyclic) bond motifs is 5. The van der Waals surface area contributed by atoms with Crippen molar-refractivity contribution in [2.24, 2.45) is 17.8 Å². The van der Waals surface area contributed by atoms with Crippen LogP contribution >= 0.6 is 15.9 Å². The summed E-state index contributed by atoms with van der Waals surface area (Å²) in [6.45, 7) is 8.55. The van der Waals surface area contributed by atoms with E-state index in [1.54, 1.807) is 18.7 Å². The maximum Gasteiger partial charge on any atom is 1.00 e. The van der Waals surface area contributed by atoms with Crippen molar-refractivity contribution in [1.82, 2.24) is 25.0 Å². The molecule has 3 amide bonds. The molecule has 44 heavy (non-hydrogen) atoms. The molecule has 230 valence electrons. The average Bonchev–Trinajstić information content (AvgIpc) is 3.63. The van der Waals surface area contributed by atoms with Crippen molar-refractivity contribution >= 4 is 50.1 Å². The van der Waals surface area contributed by atoms with Crippen LogP contribution in [-0.2, 0) is 25.5 Å². The number of hydrogen-bond acceptors (Lipinski definition) is 6. The van der Waals surface area contributed by atoms with Gasteiger partial charge in [0, 0.05) is 25.0 Å². The van der Waals surface area contributed by atoms with Gasteiger partial charge in [-0.2, -0.15) is 0 Å². The van der Waals surface area contributed by atoms with Gasteiger partial charge < -0.3 is 20.3 Å². The van der Waals surface area contributed by atoms with Crippen molar-refractivity contribution in [2.75, 3.05) is 20.1 Å². The van der Waals surface area contributed by atoms with Crippen LogP contribution in [0.25, 0.3) is 16.5 Å². The Balaban J connectivity index is 0.00000343. The van der Waals surface area contributed by atoms with Crippen LogP contribution in [0.3, 0.4) is 0 Å². The maximum absolute atomic E-state index is 14.4. The number of piperazine rings is 1. The molecule has 6 atom stereocenters. The summed E-state index contributed by atoms with van der Waals surface area (Å²) in [5.74, 6) is -4.05. The van der Waals surface area contributed by atoms with Gasteiger partial charge in [0.1, 0.15) is 12.1 Å². The number of carbonyl (C=O) groups excluding carboxylic acids is 3. The van der Waals surface area contributed by atoms with E-state index < -0.39 is 41.5 Å². The first kappa shape index (κ1) is 32.2. The van der Waals surface area contributed by atoms with Crippen LogP contribution in [0.1, 0.15) is 58.1 Å². The molecule has 5 aliphatic rings. The maximum atomic E-state index is 14.4. The molecule has 12 heteroatoms. The Bertz CT molecular complexity index is 1580. The van der Waals surface area contributed by atoms with Gasteiger partial charge >= 0.3 is 29.6 Å². The fraction of sp³-hybridized carbons (Fsp3) is 0.594. The molecule has 1 aromatic carbocycles. The Morgan fingerprint density at radius 2 is 2.00 bits per heavy atom. The summed E-state index contributed by atoms with van der Waals surface area (Å²) in [5.41, 5.74) is 2.44. The minimum absolute atomic E-state index is 0. The third-order valence-electron chi connectivity index (χ3n) is 10.2. The molecule has 2 N–H and O–H groups in total. The van der Waals surface area contributed by atoms with E-state index in [1.807, 2.05) is 39.1 Å². The van der Waals surface area contributed by atoms with Gasteiger partial charge in [-0.25, -0.2) is 0 Å². The summed E-state index contributed by atoms with van der Waals surface area (Å²) in [4.78, 5) is 52.0. The topological polar surface area (TPSA) is 117 Å². The smallest absolute Gasteiger partial charge is 0.651 e. The Labute approximate surface area is 288 Å². The molecule has 5 heterocycles. The number of nitrogens with one attached hydrogen (secondary N) is 1. The van der Waals surface area contributed by atoms with Crippen LogP contribution in [-0.4, -0.2) is 87.4 Å². The molecule has 1 aliphatic carbocycles. The van der Waals surface area contributed by atoms with Gasteiger partial charge in [-0.3, -0.25) is 28.9 Å². The van der Waals surface area contributed by atoms with Crippen LogP contribution in [0.15, 0.2) is 28.9 Å². The van der Waals surface area contributed by atoms with Gasteiger partial charge in [0.25, 0.3) is 11.8 Å². The zero-order valence-corrected chi connectivity index (χ0v) is 29.8. The number of carbonyl (C=O) groups is 3. The van der Waals surface area contributed by atoms with E-state index in [9.17, 15) is 19.5 Å². The van der Waals surface area contributed by atoms with Crippen LogP contribution in [0.2, 0.25) is 0 Å². The molecule has 3 saturated heterocycles. The van der Waals surface area contributed by atoms with Crippen LogP contribution < -0.4 is 39.9 Å². The normalized spacial score (nSPS) is 33.0. The van der Waals surface area contributed by atoms with E-state index in [0.29, 0.717) is 32.4 Å². The Hall–Kier alpha value is -1.73. The van der Waals surface area contributed by atoms with E-state index >= 15 is 0 Å². The predicted molar refractivity (Wildman–Crippen MR) is 163 cm³/mol. The molecule has 0 spiro atoms. The van der Waals surface area contributed by atoms with Gasteiger partial charge in [0.2, 0.25) is 17.5 Å². The third-order valence-corrected chi connectivity index (χ3v) is 10.8. The zero-order chi connectivity index (χ0) is 30.6. The first-order valence-electron chi connectivity index (χ1n) is 15.4. The van der Waals surface area contributed by atoms with Crippen LogP contribution in [0.5, 0.6) is 0 Å². The molecule has 2 aromatic rings. The second-order valence-electron chi connectivity index (χ2n) is 13.6. The number of rotatable bonds is 5. The quantitative estimate of drug-likeness (QED) is 0.423. The van der Waals surface area contributed by atoms with E-state index in [4.69, 9.17) is 9.72 Å². The Morgan fingerprint density at radius 3 is 2.70 bits per heavy atom. The van der Waals surface area contributed by atoms with E-state index in [1.165, 1.54) is 10.5 Å². The molecule has 1 aromatic heterocycles.